The summed E-state index contributed by atoms with van der Waals surface area (Å²) in [5, 5.41) is 3.00. The first-order valence-corrected chi connectivity index (χ1v) is 12.0. The lowest BCUT2D eigenvalue weighted by molar-refractivity contribution is -0.126. The van der Waals surface area contributed by atoms with Crippen LogP contribution in [0.5, 0.6) is 0 Å². The normalized spacial score (nSPS) is 18.7. The van der Waals surface area contributed by atoms with Gasteiger partial charge in [0, 0.05) is 19.6 Å². The standard InChI is InChI=1S/C23H31N3O3S/c1-18-10-12-22(13-11-18)30(28,29)25-16-21-9-6-14-26(17-21)19(2)23(27)24-15-20-7-4-3-5-8-20/h3-5,7-8,10-13,19,21,25H,6,9,14-17H2,1-2H3,(H,24,27). The number of sulfonamides is 1. The van der Waals surface area contributed by atoms with Crippen molar-refractivity contribution in [2.24, 2.45) is 5.92 Å². The van der Waals surface area contributed by atoms with E-state index in [4.69, 9.17) is 0 Å². The molecule has 1 fully saturated rings. The Kier molecular flexibility index (Phi) is 7.64. The van der Waals surface area contributed by atoms with Crippen LogP contribution in [-0.4, -0.2) is 44.9 Å². The van der Waals surface area contributed by atoms with Crippen LogP contribution in [0, 0.1) is 12.8 Å². The molecule has 30 heavy (non-hydrogen) atoms. The Balaban J connectivity index is 1.50. The van der Waals surface area contributed by atoms with Crippen molar-refractivity contribution < 1.29 is 13.2 Å². The van der Waals surface area contributed by atoms with Crippen molar-refractivity contribution in [3.05, 3.63) is 65.7 Å². The summed E-state index contributed by atoms with van der Waals surface area (Å²) in [5.74, 6) is 0.183. The molecule has 0 aliphatic carbocycles. The Labute approximate surface area is 179 Å². The molecule has 1 aliphatic rings. The molecule has 1 heterocycles. The van der Waals surface area contributed by atoms with Crippen LogP contribution >= 0.6 is 0 Å². The summed E-state index contributed by atoms with van der Waals surface area (Å²) < 4.78 is 27.8. The SMILES string of the molecule is Cc1ccc(S(=O)(=O)NCC2CCCN(C(C)C(=O)NCc3ccccc3)C2)cc1. The number of nitrogens with one attached hydrogen (secondary N) is 2. The van der Waals surface area contributed by atoms with E-state index in [0.717, 1.165) is 30.5 Å². The summed E-state index contributed by atoms with van der Waals surface area (Å²) in [6, 6.07) is 16.5. The smallest absolute Gasteiger partial charge is 0.240 e. The molecule has 3 rings (SSSR count). The number of aryl methyl sites for hydroxylation is 1. The van der Waals surface area contributed by atoms with Gasteiger partial charge in [0.25, 0.3) is 0 Å². The van der Waals surface area contributed by atoms with E-state index < -0.39 is 10.0 Å². The molecule has 2 unspecified atom stereocenters. The Bertz CT molecular complexity index is 930. The predicted molar refractivity (Wildman–Crippen MR) is 118 cm³/mol. The van der Waals surface area contributed by atoms with E-state index in [1.54, 1.807) is 24.3 Å². The number of nitrogens with zero attached hydrogens (tertiary/aromatic N) is 1. The molecule has 0 spiro atoms. The molecule has 2 aromatic carbocycles. The van der Waals surface area contributed by atoms with E-state index >= 15 is 0 Å². The van der Waals surface area contributed by atoms with Crippen molar-refractivity contribution in [2.75, 3.05) is 19.6 Å². The van der Waals surface area contributed by atoms with E-state index in [1.165, 1.54) is 0 Å². The van der Waals surface area contributed by atoms with E-state index in [0.29, 0.717) is 19.6 Å². The second-order valence-corrected chi connectivity index (χ2v) is 9.81. The minimum atomic E-state index is -3.52. The molecule has 1 amide bonds. The summed E-state index contributed by atoms with van der Waals surface area (Å²) in [6.45, 7) is 6.29. The zero-order valence-electron chi connectivity index (χ0n) is 17.7. The molecule has 6 nitrogen and oxygen atoms in total. The van der Waals surface area contributed by atoms with Gasteiger partial charge in [0.15, 0.2) is 0 Å². The van der Waals surface area contributed by atoms with Gasteiger partial charge in [-0.25, -0.2) is 13.1 Å². The number of benzene rings is 2. The Morgan fingerprint density at radius 2 is 1.83 bits per heavy atom. The molecule has 7 heteroatoms. The van der Waals surface area contributed by atoms with Crippen molar-refractivity contribution in [2.45, 2.75) is 44.2 Å². The molecule has 0 saturated carbocycles. The Morgan fingerprint density at radius 1 is 1.13 bits per heavy atom. The largest absolute Gasteiger partial charge is 0.351 e. The second-order valence-electron chi connectivity index (χ2n) is 8.05. The Morgan fingerprint density at radius 3 is 2.53 bits per heavy atom. The molecule has 0 bridgehead atoms. The molecule has 0 aromatic heterocycles. The van der Waals surface area contributed by atoms with Crippen molar-refractivity contribution in [1.82, 2.24) is 14.9 Å². The fourth-order valence-corrected chi connectivity index (χ4v) is 4.86. The highest BCUT2D eigenvalue weighted by Crippen LogP contribution is 2.19. The molecule has 2 atom stereocenters. The van der Waals surface area contributed by atoms with Gasteiger partial charge in [-0.1, -0.05) is 48.0 Å². The number of piperidine rings is 1. The number of amides is 1. The van der Waals surface area contributed by atoms with Crippen LogP contribution in [0.2, 0.25) is 0 Å². The van der Waals surface area contributed by atoms with Gasteiger partial charge >= 0.3 is 0 Å². The van der Waals surface area contributed by atoms with Gasteiger partial charge in [0.05, 0.1) is 10.9 Å². The van der Waals surface area contributed by atoms with Gasteiger partial charge in [-0.15, -0.1) is 0 Å². The van der Waals surface area contributed by atoms with Gasteiger partial charge in [0.1, 0.15) is 0 Å². The van der Waals surface area contributed by atoms with Gasteiger partial charge < -0.3 is 5.32 Å². The van der Waals surface area contributed by atoms with Crippen LogP contribution < -0.4 is 10.0 Å². The van der Waals surface area contributed by atoms with E-state index in [2.05, 4.69) is 14.9 Å². The average Bonchev–Trinajstić information content (AvgIpc) is 2.77. The second kappa shape index (κ2) is 10.2. The topological polar surface area (TPSA) is 78.5 Å². The monoisotopic (exact) mass is 429 g/mol. The fraction of sp³-hybridized carbons (Fsp3) is 0.435. The lowest BCUT2D eigenvalue weighted by Gasteiger charge is -2.36. The summed E-state index contributed by atoms with van der Waals surface area (Å²) in [4.78, 5) is 15.0. The lowest BCUT2D eigenvalue weighted by Crippen LogP contribution is -2.50. The van der Waals surface area contributed by atoms with Crippen LogP contribution in [0.1, 0.15) is 30.9 Å². The zero-order valence-corrected chi connectivity index (χ0v) is 18.5. The van der Waals surface area contributed by atoms with Crippen molar-refractivity contribution >= 4 is 15.9 Å². The highest BCUT2D eigenvalue weighted by atomic mass is 32.2. The molecular formula is C23H31N3O3S. The quantitative estimate of drug-likeness (QED) is 0.676. The summed E-state index contributed by atoms with van der Waals surface area (Å²) in [6.07, 6.45) is 1.90. The van der Waals surface area contributed by atoms with Crippen LogP contribution in [0.15, 0.2) is 59.5 Å². The van der Waals surface area contributed by atoms with E-state index in [1.807, 2.05) is 44.2 Å². The number of carbonyl (C=O) groups is 1. The van der Waals surface area contributed by atoms with Crippen LogP contribution in [-0.2, 0) is 21.4 Å². The molecule has 0 radical (unpaired) electrons. The maximum atomic E-state index is 12.6. The first kappa shape index (κ1) is 22.5. The van der Waals surface area contributed by atoms with Crippen LogP contribution in [0.4, 0.5) is 0 Å². The average molecular weight is 430 g/mol. The third-order valence-electron chi connectivity index (χ3n) is 5.68. The molecule has 2 N–H and O–H groups in total. The number of likely N-dealkylation sites (tertiary alicyclic amines) is 1. The van der Waals surface area contributed by atoms with Crippen molar-refractivity contribution in [1.29, 1.82) is 0 Å². The maximum absolute atomic E-state index is 12.6. The molecule has 1 saturated heterocycles. The maximum Gasteiger partial charge on any atom is 0.240 e. The molecule has 162 valence electrons. The highest BCUT2D eigenvalue weighted by molar-refractivity contribution is 7.89. The lowest BCUT2D eigenvalue weighted by atomic mass is 9.97. The van der Waals surface area contributed by atoms with Gasteiger partial charge in [0.2, 0.25) is 15.9 Å². The highest BCUT2D eigenvalue weighted by Gasteiger charge is 2.28. The summed E-state index contributed by atoms with van der Waals surface area (Å²) in [5.41, 5.74) is 2.09. The number of carbonyl (C=O) groups excluding carboxylic acids is 1. The first-order valence-electron chi connectivity index (χ1n) is 10.5. The van der Waals surface area contributed by atoms with Gasteiger partial charge in [-0.2, -0.15) is 0 Å². The number of hydrogen-bond acceptors (Lipinski definition) is 4. The van der Waals surface area contributed by atoms with Crippen molar-refractivity contribution in [3.63, 3.8) is 0 Å². The molecular weight excluding hydrogens is 398 g/mol. The van der Waals surface area contributed by atoms with Gasteiger partial charge in [-0.05, 0) is 56.8 Å². The van der Waals surface area contributed by atoms with E-state index in [9.17, 15) is 13.2 Å². The zero-order chi connectivity index (χ0) is 21.6. The Hall–Kier alpha value is -2.22. The summed E-state index contributed by atoms with van der Waals surface area (Å²) >= 11 is 0. The third-order valence-corrected chi connectivity index (χ3v) is 7.12. The van der Waals surface area contributed by atoms with E-state index in [-0.39, 0.29) is 22.8 Å². The van der Waals surface area contributed by atoms with Crippen LogP contribution in [0.25, 0.3) is 0 Å². The predicted octanol–water partition coefficient (Wildman–Crippen LogP) is 2.69. The summed E-state index contributed by atoms with van der Waals surface area (Å²) in [7, 11) is -3.52. The number of hydrogen-bond donors (Lipinski definition) is 2. The molecule has 1 aliphatic heterocycles. The third kappa shape index (κ3) is 6.14. The first-order chi connectivity index (χ1) is 14.3. The molecule has 2 aromatic rings. The minimum Gasteiger partial charge on any atom is -0.351 e. The number of rotatable bonds is 8. The minimum absolute atomic E-state index is 0.000242. The fourth-order valence-electron chi connectivity index (χ4n) is 3.74. The van der Waals surface area contributed by atoms with Crippen LogP contribution in [0.3, 0.4) is 0 Å². The van der Waals surface area contributed by atoms with Crippen molar-refractivity contribution in [3.8, 4) is 0 Å². The van der Waals surface area contributed by atoms with Gasteiger partial charge in [-0.3, -0.25) is 9.69 Å².